The lowest BCUT2D eigenvalue weighted by Gasteiger charge is -2.23. The molecule has 0 saturated heterocycles. The maximum Gasteiger partial charge on any atom is 0.200 e. The van der Waals surface area contributed by atoms with Crippen molar-refractivity contribution in [2.75, 3.05) is 11.9 Å². The molecule has 1 aliphatic carbocycles. The highest BCUT2D eigenvalue weighted by atomic mass is 15.2. The van der Waals surface area contributed by atoms with Gasteiger partial charge in [0.15, 0.2) is 0 Å². The highest BCUT2D eigenvalue weighted by molar-refractivity contribution is 6.02. The number of hydrogen-bond acceptors (Lipinski definition) is 1. The Bertz CT molecular complexity index is 1030. The topological polar surface area (TPSA) is 41.6 Å². The van der Waals surface area contributed by atoms with Crippen molar-refractivity contribution in [3.05, 3.63) is 71.3 Å². The lowest BCUT2D eigenvalue weighted by atomic mass is 9.87. The molecular weight excluding hydrogens is 330 g/mol. The Morgan fingerprint density at radius 3 is 2.41 bits per heavy atom. The number of guanidine groups is 1. The van der Waals surface area contributed by atoms with Crippen LogP contribution < -0.4 is 10.6 Å². The highest BCUT2D eigenvalue weighted by Crippen LogP contribution is 2.36. The predicted octanol–water partition coefficient (Wildman–Crippen LogP) is 5.32. The van der Waals surface area contributed by atoms with E-state index in [0.29, 0.717) is 5.96 Å². The average molecular weight is 358 g/mol. The van der Waals surface area contributed by atoms with E-state index >= 15 is 0 Å². The van der Waals surface area contributed by atoms with Gasteiger partial charge in [-0.1, -0.05) is 57.2 Å². The molecule has 138 valence electrons. The van der Waals surface area contributed by atoms with E-state index in [1.807, 2.05) is 11.9 Å². The Hall–Kier alpha value is -2.81. The fourth-order valence-corrected chi connectivity index (χ4v) is 3.84. The van der Waals surface area contributed by atoms with Crippen LogP contribution >= 0.6 is 0 Å². The van der Waals surface area contributed by atoms with Crippen LogP contribution in [-0.4, -0.2) is 13.0 Å². The Labute approximate surface area is 161 Å². The van der Waals surface area contributed by atoms with Crippen LogP contribution in [0.15, 0.2) is 59.6 Å². The molecule has 3 aromatic carbocycles. The molecule has 0 amide bonds. The van der Waals surface area contributed by atoms with E-state index < -0.39 is 0 Å². The Kier molecular flexibility index (Phi) is 4.18. The van der Waals surface area contributed by atoms with Gasteiger partial charge in [-0.05, 0) is 58.5 Å². The summed E-state index contributed by atoms with van der Waals surface area (Å²) in [6.45, 7) is 6.66. The van der Waals surface area contributed by atoms with E-state index in [9.17, 15) is 0 Å². The van der Waals surface area contributed by atoms with Gasteiger partial charge in [-0.25, -0.2) is 4.99 Å². The minimum atomic E-state index is 0.0977. The molecule has 0 radical (unpaired) electrons. The molecule has 3 nitrogen and oxygen atoms in total. The highest BCUT2D eigenvalue weighted by Gasteiger charge is 2.17. The molecule has 0 unspecified atom stereocenters. The van der Waals surface area contributed by atoms with E-state index in [1.165, 1.54) is 27.5 Å². The van der Waals surface area contributed by atoms with Crippen LogP contribution in [0.5, 0.6) is 0 Å². The molecule has 27 heavy (non-hydrogen) atoms. The van der Waals surface area contributed by atoms with Gasteiger partial charge in [0.1, 0.15) is 0 Å². The van der Waals surface area contributed by atoms with Crippen molar-refractivity contribution in [2.24, 2.45) is 10.7 Å². The predicted molar refractivity (Wildman–Crippen MR) is 116 cm³/mol. The molecule has 0 aliphatic heterocycles. The molecule has 0 spiro atoms. The molecule has 0 heterocycles. The van der Waals surface area contributed by atoms with E-state index in [0.717, 1.165) is 24.2 Å². The van der Waals surface area contributed by atoms with Gasteiger partial charge in [0.05, 0.1) is 5.69 Å². The average Bonchev–Trinajstić information content (AvgIpc) is 3.07. The van der Waals surface area contributed by atoms with Gasteiger partial charge in [-0.3, -0.25) is 0 Å². The van der Waals surface area contributed by atoms with Crippen LogP contribution in [0.3, 0.4) is 0 Å². The maximum atomic E-state index is 6.40. The smallest absolute Gasteiger partial charge is 0.200 e. The second-order valence-corrected chi connectivity index (χ2v) is 8.41. The summed E-state index contributed by atoms with van der Waals surface area (Å²) in [5.41, 5.74) is 12.6. The molecule has 0 aromatic heterocycles. The summed E-state index contributed by atoms with van der Waals surface area (Å²) in [7, 11) is 1.97. The number of nitrogens with zero attached hydrogens (tertiary/aromatic N) is 2. The molecule has 0 bridgehead atoms. The molecule has 3 aromatic rings. The zero-order valence-corrected chi connectivity index (χ0v) is 16.6. The quantitative estimate of drug-likeness (QED) is 0.498. The third-order valence-electron chi connectivity index (χ3n) is 5.53. The number of aryl methyl sites for hydroxylation is 2. The van der Waals surface area contributed by atoms with E-state index in [1.54, 1.807) is 0 Å². The van der Waals surface area contributed by atoms with E-state index in [4.69, 9.17) is 10.7 Å². The summed E-state index contributed by atoms with van der Waals surface area (Å²) in [6.07, 6.45) is 2.24. The molecule has 0 saturated carbocycles. The van der Waals surface area contributed by atoms with E-state index in [-0.39, 0.29) is 5.41 Å². The molecule has 3 heteroatoms. The van der Waals surface area contributed by atoms with Crippen LogP contribution in [0.4, 0.5) is 11.4 Å². The molecule has 4 rings (SSSR count). The van der Waals surface area contributed by atoms with Gasteiger partial charge in [0.2, 0.25) is 5.96 Å². The zero-order chi connectivity index (χ0) is 19.2. The summed E-state index contributed by atoms with van der Waals surface area (Å²) in [4.78, 5) is 6.74. The number of anilines is 1. The van der Waals surface area contributed by atoms with Gasteiger partial charge in [-0.15, -0.1) is 0 Å². The molecular formula is C24H27N3. The number of nitrogens with two attached hydrogens (primary N) is 1. The standard InChI is InChI=1S/C24H27N3/c1-24(2,3)18-8-6-9-19(15-18)27(4)23(25)26-21-14-13-17-12-11-16-7-5-10-20(21)22(16)17/h5-10,13-15H,11-12H2,1-4H3,(H2,25,26). The number of rotatable bonds is 2. The molecule has 0 fully saturated rings. The summed E-state index contributed by atoms with van der Waals surface area (Å²) in [6, 6.07) is 19.3. The summed E-state index contributed by atoms with van der Waals surface area (Å²) in [5.74, 6) is 0.500. The van der Waals surface area contributed by atoms with Crippen molar-refractivity contribution in [2.45, 2.75) is 39.0 Å². The fraction of sp³-hybridized carbons (Fsp3) is 0.292. The van der Waals surface area contributed by atoms with Gasteiger partial charge in [0, 0.05) is 18.1 Å². The largest absolute Gasteiger partial charge is 0.369 e. The van der Waals surface area contributed by atoms with Crippen molar-refractivity contribution in [1.82, 2.24) is 0 Å². The first-order chi connectivity index (χ1) is 12.8. The summed E-state index contributed by atoms with van der Waals surface area (Å²) >= 11 is 0. The third-order valence-corrected chi connectivity index (χ3v) is 5.53. The normalized spacial score (nSPS) is 14.0. The Morgan fingerprint density at radius 2 is 1.67 bits per heavy atom. The van der Waals surface area contributed by atoms with Crippen molar-refractivity contribution >= 4 is 28.1 Å². The van der Waals surface area contributed by atoms with Gasteiger partial charge in [-0.2, -0.15) is 0 Å². The minimum Gasteiger partial charge on any atom is -0.369 e. The van der Waals surface area contributed by atoms with Crippen LogP contribution in [0.25, 0.3) is 10.8 Å². The zero-order valence-electron chi connectivity index (χ0n) is 16.6. The Morgan fingerprint density at radius 1 is 0.963 bits per heavy atom. The lowest BCUT2D eigenvalue weighted by molar-refractivity contribution is 0.590. The second kappa shape index (κ2) is 6.41. The van der Waals surface area contributed by atoms with Crippen molar-refractivity contribution in [3.63, 3.8) is 0 Å². The first-order valence-electron chi connectivity index (χ1n) is 9.56. The fourth-order valence-electron chi connectivity index (χ4n) is 3.84. The number of benzene rings is 3. The number of aliphatic imine (C=N–C) groups is 1. The maximum absolute atomic E-state index is 6.40. The van der Waals surface area contributed by atoms with Crippen LogP contribution in [0.2, 0.25) is 0 Å². The van der Waals surface area contributed by atoms with Crippen molar-refractivity contribution < 1.29 is 0 Å². The van der Waals surface area contributed by atoms with Crippen LogP contribution in [0.1, 0.15) is 37.5 Å². The van der Waals surface area contributed by atoms with Gasteiger partial charge < -0.3 is 10.6 Å². The molecule has 2 N–H and O–H groups in total. The van der Waals surface area contributed by atoms with Crippen LogP contribution in [0, 0.1) is 0 Å². The van der Waals surface area contributed by atoms with Gasteiger partial charge >= 0.3 is 0 Å². The SMILES string of the molecule is CN(C(N)=Nc1ccc2c3c(cccc13)CC2)c1cccc(C(C)(C)C)c1. The van der Waals surface area contributed by atoms with E-state index in [2.05, 4.69) is 75.4 Å². The summed E-state index contributed by atoms with van der Waals surface area (Å²) in [5, 5.41) is 2.56. The van der Waals surface area contributed by atoms with Gasteiger partial charge in [0.25, 0.3) is 0 Å². The third kappa shape index (κ3) is 3.18. The minimum absolute atomic E-state index is 0.0977. The van der Waals surface area contributed by atoms with Crippen molar-refractivity contribution in [1.29, 1.82) is 0 Å². The van der Waals surface area contributed by atoms with Crippen LogP contribution in [-0.2, 0) is 18.3 Å². The summed E-state index contributed by atoms with van der Waals surface area (Å²) < 4.78 is 0. The first-order valence-corrected chi connectivity index (χ1v) is 9.56. The number of hydrogen-bond donors (Lipinski definition) is 1. The molecule has 0 atom stereocenters. The molecule has 1 aliphatic rings. The van der Waals surface area contributed by atoms with Crippen molar-refractivity contribution in [3.8, 4) is 0 Å². The Balaban J connectivity index is 1.72. The monoisotopic (exact) mass is 357 g/mol. The lowest BCUT2D eigenvalue weighted by Crippen LogP contribution is -2.33. The first kappa shape index (κ1) is 17.6. The second-order valence-electron chi connectivity index (χ2n) is 8.41.